The van der Waals surface area contributed by atoms with Crippen LogP contribution in [0.25, 0.3) is 66.1 Å². The second-order valence-electron chi connectivity index (χ2n) is 13.5. The molecular formula is C45H38. The molecule has 0 fully saturated rings. The standard InChI is InChI=1S/C45H38/c1-27-24-28(2)30(4)42(29(27)3)44-37-18-11-10-17-36(37)43(39-25-32(20-23-38(39)44)31-14-8-7-9-15-31)33-21-22-35-34-16-12-13-19-40(34)45(5,6)41(35)26-33/h7-26H,1-6H3. The van der Waals surface area contributed by atoms with Crippen LogP contribution in [0, 0.1) is 27.7 Å². The van der Waals surface area contributed by atoms with E-state index in [1.807, 2.05) is 0 Å². The van der Waals surface area contributed by atoms with Crippen LogP contribution < -0.4 is 0 Å². The van der Waals surface area contributed by atoms with Gasteiger partial charge in [0.15, 0.2) is 0 Å². The normalized spacial score (nSPS) is 13.3. The number of fused-ring (bicyclic) bond motifs is 5. The van der Waals surface area contributed by atoms with Gasteiger partial charge in [0.2, 0.25) is 0 Å². The molecule has 0 amide bonds. The molecule has 7 aromatic rings. The molecule has 0 aromatic heterocycles. The van der Waals surface area contributed by atoms with Gasteiger partial charge in [-0.25, -0.2) is 0 Å². The Balaban J connectivity index is 1.52. The Bertz CT molecular complexity index is 2290. The van der Waals surface area contributed by atoms with Crippen molar-refractivity contribution in [1.29, 1.82) is 0 Å². The Labute approximate surface area is 267 Å². The zero-order valence-corrected chi connectivity index (χ0v) is 27.0. The molecule has 7 aromatic carbocycles. The van der Waals surface area contributed by atoms with E-state index in [2.05, 4.69) is 163 Å². The molecule has 0 heteroatoms. The fourth-order valence-electron chi connectivity index (χ4n) is 8.02. The highest BCUT2D eigenvalue weighted by Gasteiger charge is 2.35. The van der Waals surface area contributed by atoms with E-state index in [4.69, 9.17) is 0 Å². The molecule has 218 valence electrons. The highest BCUT2D eigenvalue weighted by atomic mass is 14.4. The van der Waals surface area contributed by atoms with Crippen molar-refractivity contribution in [3.05, 3.63) is 155 Å². The number of hydrogen-bond acceptors (Lipinski definition) is 0. The van der Waals surface area contributed by atoms with E-state index >= 15 is 0 Å². The lowest BCUT2D eigenvalue weighted by Gasteiger charge is -2.24. The molecule has 0 aliphatic heterocycles. The molecule has 8 rings (SSSR count). The topological polar surface area (TPSA) is 0 Å². The number of aryl methyl sites for hydroxylation is 2. The first-order valence-electron chi connectivity index (χ1n) is 16.1. The van der Waals surface area contributed by atoms with Gasteiger partial charge >= 0.3 is 0 Å². The smallest absolute Gasteiger partial charge is 0.0159 e. The largest absolute Gasteiger partial charge is 0.0622 e. The first kappa shape index (κ1) is 27.6. The highest BCUT2D eigenvalue weighted by molar-refractivity contribution is 6.22. The zero-order chi connectivity index (χ0) is 31.0. The van der Waals surface area contributed by atoms with Crippen molar-refractivity contribution in [3.8, 4) is 44.5 Å². The van der Waals surface area contributed by atoms with Gasteiger partial charge in [0.05, 0.1) is 0 Å². The molecule has 0 spiro atoms. The molecule has 0 bridgehead atoms. The molecule has 45 heavy (non-hydrogen) atoms. The van der Waals surface area contributed by atoms with Crippen molar-refractivity contribution in [2.75, 3.05) is 0 Å². The Morgan fingerprint density at radius 3 is 1.69 bits per heavy atom. The summed E-state index contributed by atoms with van der Waals surface area (Å²) in [7, 11) is 0. The number of benzene rings is 7. The lowest BCUT2D eigenvalue weighted by Crippen LogP contribution is -2.14. The quantitative estimate of drug-likeness (QED) is 0.183. The molecule has 0 saturated carbocycles. The highest BCUT2D eigenvalue weighted by Crippen LogP contribution is 2.52. The molecule has 0 N–H and O–H groups in total. The Hall–Kier alpha value is -4.94. The van der Waals surface area contributed by atoms with Crippen molar-refractivity contribution in [3.63, 3.8) is 0 Å². The lowest BCUT2D eigenvalue weighted by atomic mass is 9.79. The summed E-state index contributed by atoms with van der Waals surface area (Å²) in [6, 6.07) is 45.5. The van der Waals surface area contributed by atoms with Gasteiger partial charge in [-0.2, -0.15) is 0 Å². The van der Waals surface area contributed by atoms with Crippen LogP contribution in [0.15, 0.2) is 121 Å². The van der Waals surface area contributed by atoms with Crippen molar-refractivity contribution in [2.24, 2.45) is 0 Å². The summed E-state index contributed by atoms with van der Waals surface area (Å²) in [5.41, 5.74) is 18.7. The molecular weight excluding hydrogens is 540 g/mol. The van der Waals surface area contributed by atoms with E-state index in [0.717, 1.165) is 0 Å². The van der Waals surface area contributed by atoms with E-state index in [1.165, 1.54) is 99.4 Å². The minimum atomic E-state index is -0.0595. The maximum atomic E-state index is 2.48. The van der Waals surface area contributed by atoms with Crippen LogP contribution >= 0.6 is 0 Å². The Morgan fingerprint density at radius 1 is 0.378 bits per heavy atom. The van der Waals surface area contributed by atoms with E-state index in [0.29, 0.717) is 0 Å². The third-order valence-corrected chi connectivity index (χ3v) is 10.6. The van der Waals surface area contributed by atoms with Crippen molar-refractivity contribution >= 4 is 21.5 Å². The number of hydrogen-bond donors (Lipinski definition) is 0. The maximum Gasteiger partial charge on any atom is 0.0159 e. The van der Waals surface area contributed by atoms with Crippen LogP contribution in [0.3, 0.4) is 0 Å². The summed E-state index contributed by atoms with van der Waals surface area (Å²) in [5.74, 6) is 0. The maximum absolute atomic E-state index is 2.48. The van der Waals surface area contributed by atoms with Crippen LogP contribution in [-0.4, -0.2) is 0 Å². The minimum absolute atomic E-state index is 0.0595. The summed E-state index contributed by atoms with van der Waals surface area (Å²) in [6.07, 6.45) is 0. The summed E-state index contributed by atoms with van der Waals surface area (Å²) in [6.45, 7) is 13.8. The van der Waals surface area contributed by atoms with Gasteiger partial charge in [-0.1, -0.05) is 123 Å². The van der Waals surface area contributed by atoms with E-state index in [9.17, 15) is 0 Å². The molecule has 0 radical (unpaired) electrons. The average molecular weight is 579 g/mol. The summed E-state index contributed by atoms with van der Waals surface area (Å²) >= 11 is 0. The Kier molecular flexibility index (Phi) is 6.16. The van der Waals surface area contributed by atoms with Crippen LogP contribution in [0.2, 0.25) is 0 Å². The molecule has 0 nitrogen and oxygen atoms in total. The van der Waals surface area contributed by atoms with Gasteiger partial charge in [0.25, 0.3) is 0 Å². The summed E-state index contributed by atoms with van der Waals surface area (Å²) < 4.78 is 0. The number of rotatable bonds is 3. The van der Waals surface area contributed by atoms with E-state index < -0.39 is 0 Å². The monoisotopic (exact) mass is 578 g/mol. The third-order valence-electron chi connectivity index (χ3n) is 10.6. The molecule has 0 unspecified atom stereocenters. The molecule has 0 atom stereocenters. The predicted octanol–water partition coefficient (Wildman–Crippen LogP) is 12.5. The third kappa shape index (κ3) is 4.05. The average Bonchev–Trinajstić information content (AvgIpc) is 3.29. The molecule has 1 aliphatic rings. The minimum Gasteiger partial charge on any atom is -0.0622 e. The van der Waals surface area contributed by atoms with Gasteiger partial charge in [-0.05, 0) is 139 Å². The fraction of sp³-hybridized carbons (Fsp3) is 0.156. The second-order valence-corrected chi connectivity index (χ2v) is 13.5. The fourth-order valence-corrected chi connectivity index (χ4v) is 8.02. The van der Waals surface area contributed by atoms with Gasteiger partial charge < -0.3 is 0 Å². The second kappa shape index (κ2) is 10.0. The van der Waals surface area contributed by atoms with Crippen molar-refractivity contribution in [1.82, 2.24) is 0 Å². The van der Waals surface area contributed by atoms with Crippen LogP contribution in [0.5, 0.6) is 0 Å². The first-order chi connectivity index (χ1) is 21.8. The van der Waals surface area contributed by atoms with Gasteiger partial charge in [0.1, 0.15) is 0 Å². The van der Waals surface area contributed by atoms with Crippen molar-refractivity contribution < 1.29 is 0 Å². The molecule has 1 aliphatic carbocycles. The zero-order valence-electron chi connectivity index (χ0n) is 27.0. The predicted molar refractivity (Wildman–Crippen MR) is 194 cm³/mol. The summed E-state index contributed by atoms with van der Waals surface area (Å²) in [4.78, 5) is 0. The van der Waals surface area contributed by atoms with Crippen LogP contribution in [-0.2, 0) is 5.41 Å². The lowest BCUT2D eigenvalue weighted by molar-refractivity contribution is 0.660. The Morgan fingerprint density at radius 2 is 0.956 bits per heavy atom. The SMILES string of the molecule is Cc1cc(C)c(C)c(-c2c3ccccc3c(-c3ccc4c(c3)C(C)(C)c3ccccc3-4)c3cc(-c4ccccc4)ccc23)c1C. The van der Waals surface area contributed by atoms with Crippen LogP contribution in [0.1, 0.15) is 47.2 Å². The first-order valence-corrected chi connectivity index (χ1v) is 16.1. The van der Waals surface area contributed by atoms with E-state index in [1.54, 1.807) is 0 Å². The van der Waals surface area contributed by atoms with Gasteiger partial charge in [-0.3, -0.25) is 0 Å². The van der Waals surface area contributed by atoms with E-state index in [-0.39, 0.29) is 5.41 Å². The van der Waals surface area contributed by atoms with Crippen molar-refractivity contribution in [2.45, 2.75) is 47.0 Å². The summed E-state index contributed by atoms with van der Waals surface area (Å²) in [5, 5.41) is 5.22. The van der Waals surface area contributed by atoms with Gasteiger partial charge in [-0.15, -0.1) is 0 Å². The molecule has 0 heterocycles. The van der Waals surface area contributed by atoms with Gasteiger partial charge in [0, 0.05) is 5.41 Å². The molecule has 0 saturated heterocycles. The van der Waals surface area contributed by atoms with Crippen LogP contribution in [0.4, 0.5) is 0 Å².